The van der Waals surface area contributed by atoms with Crippen LogP contribution in [0, 0.1) is 0 Å². The van der Waals surface area contributed by atoms with Gasteiger partial charge in [-0.3, -0.25) is 4.79 Å². The molecule has 0 saturated carbocycles. The van der Waals surface area contributed by atoms with Gasteiger partial charge in [-0.05, 0) is 0 Å². The molecule has 0 saturated heterocycles. The number of carbonyl (C=O) groups is 1. The quantitative estimate of drug-likeness (QED) is 0.740. The fraction of sp³-hybridized carbons (Fsp3) is 0.417. The Morgan fingerprint density at radius 2 is 1.63 bits per heavy atom. The molecule has 0 aliphatic carbocycles. The minimum atomic E-state index is -0.358. The van der Waals surface area contributed by atoms with E-state index in [-0.39, 0.29) is 5.97 Å². The van der Waals surface area contributed by atoms with Crippen LogP contribution in [0.2, 0.25) is 0 Å². The molecule has 102 valence electrons. The normalized spacial score (nSPS) is 10.9. The molecule has 0 aromatic carbocycles. The van der Waals surface area contributed by atoms with Crippen molar-refractivity contribution in [2.75, 3.05) is 0 Å². The summed E-state index contributed by atoms with van der Waals surface area (Å²) in [5.41, 5.74) is 0. The third-order valence-corrected chi connectivity index (χ3v) is 2.74. The number of aromatic nitrogens is 4. The number of nitrogens with zero attached hydrogens (tertiary/aromatic N) is 5. The zero-order chi connectivity index (χ0) is 13.8. The van der Waals surface area contributed by atoms with E-state index in [4.69, 9.17) is 4.84 Å². The van der Waals surface area contributed by atoms with Gasteiger partial charge in [0.15, 0.2) is 0 Å². The first-order valence-corrected chi connectivity index (χ1v) is 5.92. The van der Waals surface area contributed by atoms with Gasteiger partial charge in [0.1, 0.15) is 11.6 Å². The standard InChI is InChI=1S/C12H17N5O2/c1-10(18)19-17(8-11-13-4-6-15(11)2)9-12-14-5-7-16(12)3/h4-7H,8-9H2,1-3H3. The first kappa shape index (κ1) is 13.3. The molecule has 2 rings (SSSR count). The summed E-state index contributed by atoms with van der Waals surface area (Å²) in [6.45, 7) is 2.20. The lowest BCUT2D eigenvalue weighted by atomic mass is 10.5. The van der Waals surface area contributed by atoms with E-state index in [2.05, 4.69) is 9.97 Å². The Labute approximate surface area is 111 Å². The predicted octanol–water partition coefficient (Wildman–Crippen LogP) is 0.634. The molecule has 19 heavy (non-hydrogen) atoms. The summed E-state index contributed by atoms with van der Waals surface area (Å²) in [6, 6.07) is 0. The van der Waals surface area contributed by atoms with Gasteiger partial charge in [-0.15, -0.1) is 5.06 Å². The number of carbonyl (C=O) groups excluding carboxylic acids is 1. The monoisotopic (exact) mass is 263 g/mol. The molecule has 0 aliphatic heterocycles. The lowest BCUT2D eigenvalue weighted by Gasteiger charge is -2.19. The van der Waals surface area contributed by atoms with Crippen LogP contribution in [-0.4, -0.2) is 30.1 Å². The molecule has 0 unspecified atom stereocenters. The van der Waals surface area contributed by atoms with Gasteiger partial charge in [-0.25, -0.2) is 9.97 Å². The van der Waals surface area contributed by atoms with Crippen molar-refractivity contribution in [2.24, 2.45) is 14.1 Å². The van der Waals surface area contributed by atoms with Crippen LogP contribution in [0.3, 0.4) is 0 Å². The van der Waals surface area contributed by atoms with Crippen LogP contribution in [-0.2, 0) is 36.8 Å². The Bertz CT molecular complexity index is 518. The average molecular weight is 263 g/mol. The maximum atomic E-state index is 11.2. The summed E-state index contributed by atoms with van der Waals surface area (Å²) >= 11 is 0. The van der Waals surface area contributed by atoms with Crippen LogP contribution in [0.1, 0.15) is 18.6 Å². The molecule has 7 nitrogen and oxygen atoms in total. The fourth-order valence-corrected chi connectivity index (χ4v) is 1.72. The van der Waals surface area contributed by atoms with Crippen molar-refractivity contribution in [2.45, 2.75) is 20.0 Å². The molecule has 0 aliphatic rings. The zero-order valence-electron chi connectivity index (χ0n) is 11.3. The maximum absolute atomic E-state index is 11.2. The number of aryl methyl sites for hydroxylation is 2. The van der Waals surface area contributed by atoms with Gasteiger partial charge in [0.2, 0.25) is 0 Å². The van der Waals surface area contributed by atoms with Gasteiger partial charge in [0, 0.05) is 45.8 Å². The Kier molecular flexibility index (Phi) is 3.96. The Morgan fingerprint density at radius 3 is 1.95 bits per heavy atom. The average Bonchev–Trinajstić information content (AvgIpc) is 2.89. The number of hydrogen-bond donors (Lipinski definition) is 0. The molecule has 7 heteroatoms. The van der Waals surface area contributed by atoms with E-state index < -0.39 is 0 Å². The lowest BCUT2D eigenvalue weighted by molar-refractivity contribution is -0.195. The third kappa shape index (κ3) is 3.41. The van der Waals surface area contributed by atoms with Crippen LogP contribution in [0.15, 0.2) is 24.8 Å². The van der Waals surface area contributed by atoms with E-state index in [1.54, 1.807) is 17.5 Å². The molecule has 0 N–H and O–H groups in total. The third-order valence-electron chi connectivity index (χ3n) is 2.74. The highest BCUT2D eigenvalue weighted by molar-refractivity contribution is 5.65. The van der Waals surface area contributed by atoms with Crippen LogP contribution in [0.4, 0.5) is 0 Å². The van der Waals surface area contributed by atoms with E-state index in [1.165, 1.54) is 6.92 Å². The molecule has 0 radical (unpaired) electrons. The van der Waals surface area contributed by atoms with E-state index in [0.717, 1.165) is 11.6 Å². The van der Waals surface area contributed by atoms with Crippen molar-refractivity contribution < 1.29 is 9.63 Å². The molecule has 0 atom stereocenters. The van der Waals surface area contributed by atoms with Crippen LogP contribution in [0.25, 0.3) is 0 Å². The second-order valence-corrected chi connectivity index (χ2v) is 4.29. The Hall–Kier alpha value is -2.15. The van der Waals surface area contributed by atoms with Crippen molar-refractivity contribution in [1.29, 1.82) is 0 Å². The first-order chi connectivity index (χ1) is 9.06. The topological polar surface area (TPSA) is 65.2 Å². The molecule has 2 heterocycles. The highest BCUT2D eigenvalue weighted by Gasteiger charge is 2.15. The number of hydroxylamine groups is 2. The minimum Gasteiger partial charge on any atom is -0.367 e. The van der Waals surface area contributed by atoms with Crippen LogP contribution >= 0.6 is 0 Å². The zero-order valence-corrected chi connectivity index (χ0v) is 11.3. The van der Waals surface area contributed by atoms with Gasteiger partial charge >= 0.3 is 5.97 Å². The second kappa shape index (κ2) is 5.66. The molecule has 0 bridgehead atoms. The second-order valence-electron chi connectivity index (χ2n) is 4.29. The summed E-state index contributed by atoms with van der Waals surface area (Å²) in [5, 5.41) is 1.55. The Balaban J connectivity index is 2.10. The summed E-state index contributed by atoms with van der Waals surface area (Å²) in [4.78, 5) is 24.8. The maximum Gasteiger partial charge on any atom is 0.322 e. The molecule has 0 fully saturated rings. The fourth-order valence-electron chi connectivity index (χ4n) is 1.72. The van der Waals surface area contributed by atoms with Crippen molar-refractivity contribution in [1.82, 2.24) is 24.2 Å². The molecule has 0 spiro atoms. The number of rotatable bonds is 5. The Morgan fingerprint density at radius 1 is 1.16 bits per heavy atom. The van der Waals surface area contributed by atoms with Crippen LogP contribution in [0.5, 0.6) is 0 Å². The van der Waals surface area contributed by atoms with Gasteiger partial charge in [0.25, 0.3) is 0 Å². The van der Waals surface area contributed by atoms with E-state index in [9.17, 15) is 4.79 Å². The van der Waals surface area contributed by atoms with Gasteiger partial charge in [-0.1, -0.05) is 0 Å². The smallest absolute Gasteiger partial charge is 0.322 e. The lowest BCUT2D eigenvalue weighted by Crippen LogP contribution is -2.28. The van der Waals surface area contributed by atoms with E-state index in [1.807, 2.05) is 35.6 Å². The van der Waals surface area contributed by atoms with Gasteiger partial charge in [-0.2, -0.15) is 0 Å². The van der Waals surface area contributed by atoms with Gasteiger partial charge in [0.05, 0.1) is 13.1 Å². The summed E-state index contributed by atoms with van der Waals surface area (Å²) in [7, 11) is 3.80. The molecule has 0 amide bonds. The predicted molar refractivity (Wildman–Crippen MR) is 67.4 cm³/mol. The summed E-state index contributed by atoms with van der Waals surface area (Å²) in [5.74, 6) is 1.27. The molecular formula is C12H17N5O2. The SMILES string of the molecule is CC(=O)ON(Cc1nccn1C)Cc1nccn1C. The molecule has 2 aromatic heterocycles. The largest absolute Gasteiger partial charge is 0.367 e. The highest BCUT2D eigenvalue weighted by atomic mass is 16.7. The molecular weight excluding hydrogens is 246 g/mol. The van der Waals surface area contributed by atoms with E-state index in [0.29, 0.717) is 13.1 Å². The molecule has 2 aromatic rings. The first-order valence-electron chi connectivity index (χ1n) is 5.92. The van der Waals surface area contributed by atoms with Crippen LogP contribution < -0.4 is 0 Å². The number of hydrogen-bond acceptors (Lipinski definition) is 5. The van der Waals surface area contributed by atoms with E-state index >= 15 is 0 Å². The summed E-state index contributed by atoms with van der Waals surface area (Å²) < 4.78 is 3.77. The highest BCUT2D eigenvalue weighted by Crippen LogP contribution is 2.08. The van der Waals surface area contributed by atoms with Crippen molar-refractivity contribution in [3.8, 4) is 0 Å². The van der Waals surface area contributed by atoms with Gasteiger partial charge < -0.3 is 14.0 Å². The summed E-state index contributed by atoms with van der Waals surface area (Å²) in [6.07, 6.45) is 7.12. The van der Waals surface area contributed by atoms with Crippen molar-refractivity contribution in [3.05, 3.63) is 36.4 Å². The minimum absolute atomic E-state index is 0.358. The van der Waals surface area contributed by atoms with Crippen molar-refractivity contribution >= 4 is 5.97 Å². The van der Waals surface area contributed by atoms with Crippen molar-refractivity contribution in [3.63, 3.8) is 0 Å². The number of imidazole rings is 2.